The molecule has 106 valence electrons. The summed E-state index contributed by atoms with van der Waals surface area (Å²) in [5, 5.41) is 13.7. The second-order valence-corrected chi connectivity index (χ2v) is 5.02. The first-order chi connectivity index (χ1) is 9.24. The summed E-state index contributed by atoms with van der Waals surface area (Å²) in [5.41, 5.74) is 1.07. The Morgan fingerprint density at radius 3 is 2.68 bits per heavy atom. The molecule has 2 unspecified atom stereocenters. The Labute approximate surface area is 114 Å². The largest absolute Gasteiger partial charge is 0.493 e. The van der Waals surface area contributed by atoms with E-state index in [1.165, 1.54) is 12.8 Å². The number of methoxy groups -OCH3 is 2. The van der Waals surface area contributed by atoms with Crippen LogP contribution in [0.1, 0.15) is 24.8 Å². The van der Waals surface area contributed by atoms with Crippen molar-refractivity contribution in [2.24, 2.45) is 0 Å². The van der Waals surface area contributed by atoms with Crippen molar-refractivity contribution < 1.29 is 14.6 Å². The molecule has 4 nitrogen and oxygen atoms in total. The Morgan fingerprint density at radius 1 is 1.26 bits per heavy atom. The molecule has 0 bridgehead atoms. The number of hydrogen-bond acceptors (Lipinski definition) is 4. The molecular weight excluding hydrogens is 242 g/mol. The summed E-state index contributed by atoms with van der Waals surface area (Å²) in [6, 6.07) is 6.01. The SMILES string of the molecule is COc1ccc(CC(O)C2CCCCN2)cc1OC. The maximum Gasteiger partial charge on any atom is 0.160 e. The Bertz CT molecular complexity index is 402. The summed E-state index contributed by atoms with van der Waals surface area (Å²) >= 11 is 0. The van der Waals surface area contributed by atoms with Crippen molar-refractivity contribution in [3.8, 4) is 11.5 Å². The molecule has 19 heavy (non-hydrogen) atoms. The molecule has 1 aliphatic heterocycles. The molecule has 0 radical (unpaired) electrons. The fourth-order valence-corrected chi connectivity index (χ4v) is 2.60. The lowest BCUT2D eigenvalue weighted by Gasteiger charge is -2.28. The van der Waals surface area contributed by atoms with Crippen molar-refractivity contribution >= 4 is 0 Å². The highest BCUT2D eigenvalue weighted by atomic mass is 16.5. The van der Waals surface area contributed by atoms with Gasteiger partial charge in [0.25, 0.3) is 0 Å². The van der Waals surface area contributed by atoms with Gasteiger partial charge in [-0.05, 0) is 37.1 Å². The van der Waals surface area contributed by atoms with Crippen molar-refractivity contribution in [2.45, 2.75) is 37.8 Å². The average Bonchev–Trinajstić information content (AvgIpc) is 2.48. The minimum Gasteiger partial charge on any atom is -0.493 e. The van der Waals surface area contributed by atoms with Crippen molar-refractivity contribution in [3.05, 3.63) is 23.8 Å². The number of aliphatic hydroxyl groups is 1. The number of nitrogens with one attached hydrogen (secondary N) is 1. The van der Waals surface area contributed by atoms with Crippen LogP contribution in [0.3, 0.4) is 0 Å². The van der Waals surface area contributed by atoms with Crippen molar-refractivity contribution in [2.75, 3.05) is 20.8 Å². The van der Waals surface area contributed by atoms with Crippen LogP contribution in [0.4, 0.5) is 0 Å². The Hall–Kier alpha value is -1.26. The van der Waals surface area contributed by atoms with E-state index in [1.807, 2.05) is 18.2 Å². The summed E-state index contributed by atoms with van der Waals surface area (Å²) < 4.78 is 10.5. The highest BCUT2D eigenvalue weighted by Gasteiger charge is 2.21. The van der Waals surface area contributed by atoms with E-state index in [0.717, 1.165) is 24.3 Å². The zero-order valence-electron chi connectivity index (χ0n) is 11.7. The summed E-state index contributed by atoms with van der Waals surface area (Å²) in [5.74, 6) is 1.43. The first-order valence-corrected chi connectivity index (χ1v) is 6.87. The third kappa shape index (κ3) is 3.61. The van der Waals surface area contributed by atoms with Gasteiger partial charge in [0.1, 0.15) is 0 Å². The van der Waals surface area contributed by atoms with Gasteiger partial charge in [0, 0.05) is 12.5 Å². The second kappa shape index (κ2) is 6.78. The molecule has 0 amide bonds. The summed E-state index contributed by atoms with van der Waals surface area (Å²) in [6.45, 7) is 1.01. The molecule has 1 aromatic carbocycles. The molecule has 1 fully saturated rings. The van der Waals surface area contributed by atoms with Crippen molar-refractivity contribution in [1.29, 1.82) is 0 Å². The van der Waals surface area contributed by atoms with E-state index < -0.39 is 0 Å². The first kappa shape index (κ1) is 14.2. The van der Waals surface area contributed by atoms with Crippen LogP contribution in [-0.2, 0) is 6.42 Å². The van der Waals surface area contributed by atoms with E-state index in [4.69, 9.17) is 9.47 Å². The maximum atomic E-state index is 10.3. The predicted molar refractivity (Wildman–Crippen MR) is 74.9 cm³/mol. The smallest absolute Gasteiger partial charge is 0.160 e. The fraction of sp³-hybridized carbons (Fsp3) is 0.600. The van der Waals surface area contributed by atoms with Gasteiger partial charge in [-0.3, -0.25) is 0 Å². The van der Waals surface area contributed by atoms with Gasteiger partial charge in [-0.15, -0.1) is 0 Å². The summed E-state index contributed by atoms with van der Waals surface area (Å²) in [7, 11) is 3.25. The Kier molecular flexibility index (Phi) is 5.05. The lowest BCUT2D eigenvalue weighted by atomic mass is 9.95. The van der Waals surface area contributed by atoms with Crippen LogP contribution in [0.2, 0.25) is 0 Å². The molecule has 1 aromatic rings. The molecule has 2 rings (SSSR count). The minimum absolute atomic E-state index is 0.210. The molecule has 1 aliphatic rings. The van der Waals surface area contributed by atoms with Gasteiger partial charge >= 0.3 is 0 Å². The molecule has 0 spiro atoms. The number of aliphatic hydroxyl groups excluding tert-OH is 1. The quantitative estimate of drug-likeness (QED) is 0.851. The van der Waals surface area contributed by atoms with E-state index in [9.17, 15) is 5.11 Å². The molecule has 4 heteroatoms. The van der Waals surface area contributed by atoms with E-state index in [2.05, 4.69) is 5.32 Å². The molecule has 0 aliphatic carbocycles. The van der Waals surface area contributed by atoms with Crippen molar-refractivity contribution in [1.82, 2.24) is 5.32 Å². The lowest BCUT2D eigenvalue weighted by molar-refractivity contribution is 0.113. The van der Waals surface area contributed by atoms with Gasteiger partial charge in [0.05, 0.1) is 20.3 Å². The Balaban J connectivity index is 2.01. The topological polar surface area (TPSA) is 50.7 Å². The second-order valence-electron chi connectivity index (χ2n) is 5.02. The van der Waals surface area contributed by atoms with E-state index >= 15 is 0 Å². The molecule has 1 saturated heterocycles. The molecule has 2 N–H and O–H groups in total. The van der Waals surface area contributed by atoms with Crippen LogP contribution < -0.4 is 14.8 Å². The van der Waals surface area contributed by atoms with Crippen LogP contribution in [0.15, 0.2) is 18.2 Å². The van der Waals surface area contributed by atoms with Crippen LogP contribution in [0, 0.1) is 0 Å². The van der Waals surface area contributed by atoms with Crippen molar-refractivity contribution in [3.63, 3.8) is 0 Å². The minimum atomic E-state index is -0.349. The normalized spacial score (nSPS) is 20.9. The molecule has 1 heterocycles. The zero-order chi connectivity index (χ0) is 13.7. The highest BCUT2D eigenvalue weighted by molar-refractivity contribution is 5.43. The third-order valence-corrected chi connectivity index (χ3v) is 3.71. The van der Waals surface area contributed by atoms with Gasteiger partial charge in [0.2, 0.25) is 0 Å². The van der Waals surface area contributed by atoms with Crippen LogP contribution in [0.25, 0.3) is 0 Å². The lowest BCUT2D eigenvalue weighted by Crippen LogP contribution is -2.44. The summed E-state index contributed by atoms with van der Waals surface area (Å²) in [4.78, 5) is 0. The number of hydrogen-bond donors (Lipinski definition) is 2. The van der Waals surface area contributed by atoms with Gasteiger partial charge in [-0.2, -0.15) is 0 Å². The number of piperidine rings is 1. The fourth-order valence-electron chi connectivity index (χ4n) is 2.60. The van der Waals surface area contributed by atoms with Gasteiger partial charge < -0.3 is 19.9 Å². The van der Waals surface area contributed by atoms with Crippen LogP contribution >= 0.6 is 0 Å². The van der Waals surface area contributed by atoms with Gasteiger partial charge in [-0.1, -0.05) is 12.5 Å². The highest BCUT2D eigenvalue weighted by Crippen LogP contribution is 2.28. The molecule has 0 aromatic heterocycles. The predicted octanol–water partition coefficient (Wildman–Crippen LogP) is 1.75. The van der Waals surface area contributed by atoms with Gasteiger partial charge in [-0.25, -0.2) is 0 Å². The molecular formula is C15H23NO3. The monoisotopic (exact) mass is 265 g/mol. The summed E-state index contributed by atoms with van der Waals surface area (Å²) in [6.07, 6.45) is 3.74. The average molecular weight is 265 g/mol. The zero-order valence-corrected chi connectivity index (χ0v) is 11.7. The third-order valence-electron chi connectivity index (χ3n) is 3.71. The number of benzene rings is 1. The first-order valence-electron chi connectivity index (χ1n) is 6.87. The van der Waals surface area contributed by atoms with E-state index in [1.54, 1.807) is 14.2 Å². The Morgan fingerprint density at radius 2 is 2.05 bits per heavy atom. The standard InChI is InChI=1S/C15H23NO3/c1-18-14-7-6-11(10-15(14)19-2)9-13(17)12-5-3-4-8-16-12/h6-7,10,12-13,16-17H,3-5,8-9H2,1-2H3. The maximum absolute atomic E-state index is 10.3. The molecule has 2 atom stereocenters. The number of ether oxygens (including phenoxy) is 2. The van der Waals surface area contributed by atoms with E-state index in [0.29, 0.717) is 12.2 Å². The van der Waals surface area contributed by atoms with Crippen LogP contribution in [-0.4, -0.2) is 38.0 Å². The molecule has 0 saturated carbocycles. The van der Waals surface area contributed by atoms with E-state index in [-0.39, 0.29) is 12.1 Å². The number of rotatable bonds is 5. The van der Waals surface area contributed by atoms with Crippen LogP contribution in [0.5, 0.6) is 11.5 Å². The van der Waals surface area contributed by atoms with Gasteiger partial charge in [0.15, 0.2) is 11.5 Å².